The van der Waals surface area contributed by atoms with Gasteiger partial charge in [-0.3, -0.25) is 0 Å². The molecule has 4 aromatic heterocycles. The van der Waals surface area contributed by atoms with Crippen molar-refractivity contribution in [2.24, 2.45) is 0 Å². The van der Waals surface area contributed by atoms with E-state index in [0.29, 0.717) is 5.82 Å². The standard InChI is InChI=1S/C46H27N3O2/c1-3-12-28(13-4-1)37-27-38(48-46(47-37)29-14-5-2-6-15-29)35-19-11-18-33-34-24-25-40-43(45(34)51-44(33)35)36-17-7-9-20-39(36)49(40)30-22-23-32-31-16-8-10-21-41(31)50-42(32)26-30/h1-27H. The Hall–Kier alpha value is -6.98. The number of hydrogen-bond acceptors (Lipinski definition) is 4. The normalized spacial score (nSPS) is 11.9. The molecule has 11 aromatic rings. The summed E-state index contributed by atoms with van der Waals surface area (Å²) in [5, 5.41) is 6.55. The van der Waals surface area contributed by atoms with E-state index >= 15 is 0 Å². The lowest BCUT2D eigenvalue weighted by Crippen LogP contribution is -1.96. The molecule has 0 fully saturated rings. The van der Waals surface area contributed by atoms with Gasteiger partial charge in [-0.25, -0.2) is 9.97 Å². The molecule has 5 heteroatoms. The molecule has 0 atom stereocenters. The Morgan fingerprint density at radius 3 is 1.94 bits per heavy atom. The number of hydrogen-bond donors (Lipinski definition) is 0. The van der Waals surface area contributed by atoms with Crippen molar-refractivity contribution in [1.82, 2.24) is 14.5 Å². The van der Waals surface area contributed by atoms with Crippen LogP contribution >= 0.6 is 0 Å². The Bertz CT molecular complexity index is 3080. The molecule has 7 aromatic carbocycles. The molecule has 0 saturated carbocycles. The highest BCUT2D eigenvalue weighted by molar-refractivity contribution is 6.24. The van der Waals surface area contributed by atoms with Gasteiger partial charge in [0.05, 0.1) is 27.8 Å². The van der Waals surface area contributed by atoms with Crippen molar-refractivity contribution in [1.29, 1.82) is 0 Å². The molecule has 0 spiro atoms. The molecule has 0 saturated heterocycles. The largest absolute Gasteiger partial charge is 0.456 e. The molecule has 0 radical (unpaired) electrons. The summed E-state index contributed by atoms with van der Waals surface area (Å²) in [5.74, 6) is 0.673. The molecule has 0 aliphatic carbocycles. The first kappa shape index (κ1) is 27.9. The minimum atomic E-state index is 0.673. The average molecular weight is 654 g/mol. The van der Waals surface area contributed by atoms with Gasteiger partial charge in [-0.1, -0.05) is 109 Å². The van der Waals surface area contributed by atoms with E-state index in [-0.39, 0.29) is 0 Å². The summed E-state index contributed by atoms with van der Waals surface area (Å²) in [4.78, 5) is 10.1. The van der Waals surface area contributed by atoms with Crippen LogP contribution < -0.4 is 0 Å². The molecule has 4 heterocycles. The van der Waals surface area contributed by atoms with Gasteiger partial charge >= 0.3 is 0 Å². The van der Waals surface area contributed by atoms with Crippen molar-refractivity contribution in [3.63, 3.8) is 0 Å². The first-order valence-corrected chi connectivity index (χ1v) is 17.1. The molecule has 51 heavy (non-hydrogen) atoms. The maximum atomic E-state index is 7.02. The van der Waals surface area contributed by atoms with Crippen molar-refractivity contribution in [2.45, 2.75) is 0 Å². The zero-order chi connectivity index (χ0) is 33.5. The van der Waals surface area contributed by atoms with E-state index in [4.69, 9.17) is 18.8 Å². The van der Waals surface area contributed by atoms with Crippen molar-refractivity contribution in [3.05, 3.63) is 164 Å². The number of nitrogens with zero attached hydrogens (tertiary/aromatic N) is 3. The van der Waals surface area contributed by atoms with E-state index in [1.807, 2.05) is 60.7 Å². The molecular weight excluding hydrogens is 627 g/mol. The highest BCUT2D eigenvalue weighted by Gasteiger charge is 2.21. The monoisotopic (exact) mass is 653 g/mol. The van der Waals surface area contributed by atoms with Crippen molar-refractivity contribution in [3.8, 4) is 39.6 Å². The van der Waals surface area contributed by atoms with Crippen LogP contribution in [0, 0.1) is 0 Å². The second-order valence-corrected chi connectivity index (χ2v) is 12.9. The van der Waals surface area contributed by atoms with Gasteiger partial charge in [0.1, 0.15) is 22.3 Å². The molecule has 0 aliphatic rings. The van der Waals surface area contributed by atoms with E-state index in [2.05, 4.69) is 108 Å². The Balaban J connectivity index is 1.16. The Kier molecular flexibility index (Phi) is 5.89. The molecule has 0 aliphatic heterocycles. The molecule has 0 bridgehead atoms. The SMILES string of the molecule is c1ccc(-c2cc(-c3cccc4c3oc3c4ccc4c3c3ccccc3n4-c3ccc4c(c3)oc3ccccc34)nc(-c3ccccc3)n2)cc1. The summed E-state index contributed by atoms with van der Waals surface area (Å²) >= 11 is 0. The maximum absolute atomic E-state index is 7.02. The number of para-hydroxylation sites is 3. The minimum absolute atomic E-state index is 0.673. The van der Waals surface area contributed by atoms with Crippen LogP contribution in [-0.2, 0) is 0 Å². The van der Waals surface area contributed by atoms with Crippen molar-refractivity contribution in [2.75, 3.05) is 0 Å². The minimum Gasteiger partial charge on any atom is -0.456 e. The van der Waals surface area contributed by atoms with Gasteiger partial charge in [0, 0.05) is 55.4 Å². The molecule has 0 unspecified atom stereocenters. The maximum Gasteiger partial charge on any atom is 0.160 e. The fourth-order valence-electron chi connectivity index (χ4n) is 7.70. The van der Waals surface area contributed by atoms with Crippen LogP contribution in [0.2, 0.25) is 0 Å². The first-order chi connectivity index (χ1) is 25.3. The zero-order valence-electron chi connectivity index (χ0n) is 27.2. The number of fused-ring (bicyclic) bond motifs is 10. The molecular formula is C46H27N3O2. The Morgan fingerprint density at radius 1 is 0.412 bits per heavy atom. The predicted octanol–water partition coefficient (Wildman–Crippen LogP) is 12.4. The molecule has 238 valence electrons. The van der Waals surface area contributed by atoms with Crippen LogP contribution in [0.3, 0.4) is 0 Å². The molecule has 5 nitrogen and oxygen atoms in total. The smallest absolute Gasteiger partial charge is 0.160 e. The Morgan fingerprint density at radius 2 is 1.08 bits per heavy atom. The molecule has 0 amide bonds. The van der Waals surface area contributed by atoms with Crippen LogP contribution in [-0.4, -0.2) is 14.5 Å². The van der Waals surface area contributed by atoms with Gasteiger partial charge < -0.3 is 13.4 Å². The summed E-state index contributed by atoms with van der Waals surface area (Å²) in [6.07, 6.45) is 0. The van der Waals surface area contributed by atoms with Crippen LogP contribution in [0.4, 0.5) is 0 Å². The third kappa shape index (κ3) is 4.22. The first-order valence-electron chi connectivity index (χ1n) is 17.1. The van der Waals surface area contributed by atoms with E-state index < -0.39 is 0 Å². The van der Waals surface area contributed by atoms with Gasteiger partial charge in [0.15, 0.2) is 5.82 Å². The van der Waals surface area contributed by atoms with Crippen molar-refractivity contribution >= 4 is 65.7 Å². The van der Waals surface area contributed by atoms with Gasteiger partial charge in [-0.15, -0.1) is 0 Å². The quantitative estimate of drug-likeness (QED) is 0.190. The van der Waals surface area contributed by atoms with Crippen LogP contribution in [0.15, 0.2) is 173 Å². The summed E-state index contributed by atoms with van der Waals surface area (Å²) in [6.45, 7) is 0. The summed E-state index contributed by atoms with van der Waals surface area (Å²) in [5.41, 5.74) is 11.2. The zero-order valence-corrected chi connectivity index (χ0v) is 27.2. The van der Waals surface area contributed by atoms with E-state index in [0.717, 1.165) is 99.4 Å². The molecule has 0 N–H and O–H groups in total. The van der Waals surface area contributed by atoms with Crippen LogP contribution in [0.1, 0.15) is 0 Å². The van der Waals surface area contributed by atoms with E-state index in [9.17, 15) is 0 Å². The van der Waals surface area contributed by atoms with Crippen LogP contribution in [0.25, 0.3) is 105 Å². The Labute approximate surface area is 291 Å². The van der Waals surface area contributed by atoms with Gasteiger partial charge in [0.2, 0.25) is 0 Å². The number of aromatic nitrogens is 3. The summed E-state index contributed by atoms with van der Waals surface area (Å²) in [6, 6.07) is 56.5. The molecule has 11 rings (SSSR count). The third-order valence-electron chi connectivity index (χ3n) is 10.0. The van der Waals surface area contributed by atoms with Crippen molar-refractivity contribution < 1.29 is 8.83 Å². The number of rotatable bonds is 4. The predicted molar refractivity (Wildman–Crippen MR) is 207 cm³/mol. The second kappa shape index (κ2) is 10.8. The highest BCUT2D eigenvalue weighted by Crippen LogP contribution is 2.43. The number of benzene rings is 7. The second-order valence-electron chi connectivity index (χ2n) is 12.9. The third-order valence-corrected chi connectivity index (χ3v) is 10.0. The lowest BCUT2D eigenvalue weighted by molar-refractivity contribution is 0.668. The topological polar surface area (TPSA) is 57.0 Å². The van der Waals surface area contributed by atoms with Gasteiger partial charge in [-0.05, 0) is 48.5 Å². The lowest BCUT2D eigenvalue weighted by Gasteiger charge is -2.09. The fraction of sp³-hybridized carbons (Fsp3) is 0. The van der Waals surface area contributed by atoms with Crippen LogP contribution in [0.5, 0.6) is 0 Å². The van der Waals surface area contributed by atoms with Gasteiger partial charge in [0.25, 0.3) is 0 Å². The van der Waals surface area contributed by atoms with Gasteiger partial charge in [-0.2, -0.15) is 0 Å². The summed E-state index contributed by atoms with van der Waals surface area (Å²) < 4.78 is 15.6. The van der Waals surface area contributed by atoms with E-state index in [1.165, 1.54) is 0 Å². The lowest BCUT2D eigenvalue weighted by atomic mass is 10.0. The van der Waals surface area contributed by atoms with E-state index in [1.54, 1.807) is 0 Å². The fourth-order valence-corrected chi connectivity index (χ4v) is 7.70. The highest BCUT2D eigenvalue weighted by atomic mass is 16.3. The number of furan rings is 2. The average Bonchev–Trinajstić information content (AvgIpc) is 3.87. The summed E-state index contributed by atoms with van der Waals surface area (Å²) in [7, 11) is 0.